The fourth-order valence-electron chi connectivity index (χ4n) is 3.05. The zero-order valence-corrected chi connectivity index (χ0v) is 12.9. The van der Waals surface area contributed by atoms with E-state index in [4.69, 9.17) is 5.11 Å². The summed E-state index contributed by atoms with van der Waals surface area (Å²) < 4.78 is 0. The van der Waals surface area contributed by atoms with Crippen LogP contribution in [0.3, 0.4) is 0 Å². The number of aryl methyl sites for hydroxylation is 1. The molecule has 0 aliphatic heterocycles. The zero-order valence-electron chi connectivity index (χ0n) is 12.9. The minimum Gasteiger partial charge on any atom is -0.478 e. The van der Waals surface area contributed by atoms with Crippen molar-refractivity contribution in [1.82, 2.24) is 0 Å². The molecule has 0 amide bonds. The number of carboxylic acid groups (broad SMARTS) is 1. The fourth-order valence-corrected chi connectivity index (χ4v) is 3.05. The standard InChI is InChI=1S/C17H25NO3/c1-3-13-6-8-17(21,9-7-13)11-18-15-5-4-14(16(19)20)10-12(15)2/h4-5,10,13,18,21H,3,6-9,11H2,1-2H3,(H,19,20). The van der Waals surface area contributed by atoms with E-state index in [2.05, 4.69) is 12.2 Å². The van der Waals surface area contributed by atoms with Crippen molar-refractivity contribution in [3.63, 3.8) is 0 Å². The molecule has 1 fully saturated rings. The first-order valence-corrected chi connectivity index (χ1v) is 7.74. The number of hydrogen-bond donors (Lipinski definition) is 3. The first-order valence-electron chi connectivity index (χ1n) is 7.74. The molecular formula is C17H25NO3. The Labute approximate surface area is 126 Å². The maximum atomic E-state index is 10.9. The minimum absolute atomic E-state index is 0.292. The lowest BCUT2D eigenvalue weighted by molar-refractivity contribution is 0.00228. The molecule has 0 radical (unpaired) electrons. The summed E-state index contributed by atoms with van der Waals surface area (Å²) in [7, 11) is 0. The molecule has 2 rings (SSSR count). The second kappa shape index (κ2) is 6.48. The van der Waals surface area contributed by atoms with E-state index in [1.54, 1.807) is 18.2 Å². The van der Waals surface area contributed by atoms with Crippen molar-refractivity contribution >= 4 is 11.7 Å². The summed E-state index contributed by atoms with van der Waals surface area (Å²) in [5.41, 5.74) is 1.44. The summed E-state index contributed by atoms with van der Waals surface area (Å²) >= 11 is 0. The quantitative estimate of drug-likeness (QED) is 0.777. The SMILES string of the molecule is CCC1CCC(O)(CNc2ccc(C(=O)O)cc2C)CC1. The summed E-state index contributed by atoms with van der Waals surface area (Å²) in [4.78, 5) is 10.9. The second-order valence-electron chi connectivity index (χ2n) is 6.26. The van der Waals surface area contributed by atoms with E-state index in [0.29, 0.717) is 12.1 Å². The third kappa shape index (κ3) is 3.97. The number of anilines is 1. The largest absolute Gasteiger partial charge is 0.478 e. The van der Waals surface area contributed by atoms with Crippen LogP contribution in [0.4, 0.5) is 5.69 Å². The highest BCUT2D eigenvalue weighted by atomic mass is 16.4. The third-order valence-electron chi connectivity index (χ3n) is 4.69. The summed E-state index contributed by atoms with van der Waals surface area (Å²) in [5, 5.41) is 22.9. The number of hydrogen-bond acceptors (Lipinski definition) is 3. The number of carbonyl (C=O) groups is 1. The van der Waals surface area contributed by atoms with Gasteiger partial charge in [-0.05, 0) is 62.3 Å². The lowest BCUT2D eigenvalue weighted by atomic mass is 9.78. The van der Waals surface area contributed by atoms with Crippen LogP contribution in [0.15, 0.2) is 18.2 Å². The van der Waals surface area contributed by atoms with Crippen molar-refractivity contribution in [3.05, 3.63) is 29.3 Å². The average molecular weight is 291 g/mol. The Hall–Kier alpha value is -1.55. The molecule has 1 aromatic carbocycles. The molecule has 4 heteroatoms. The summed E-state index contributed by atoms with van der Waals surface area (Å²) in [6, 6.07) is 5.03. The van der Waals surface area contributed by atoms with Gasteiger partial charge in [0.25, 0.3) is 0 Å². The van der Waals surface area contributed by atoms with E-state index < -0.39 is 11.6 Å². The number of nitrogens with one attached hydrogen (secondary N) is 1. The van der Waals surface area contributed by atoms with Gasteiger partial charge in [-0.25, -0.2) is 4.79 Å². The summed E-state index contributed by atoms with van der Waals surface area (Å²) in [5.74, 6) is -0.164. The van der Waals surface area contributed by atoms with E-state index in [1.807, 2.05) is 6.92 Å². The van der Waals surface area contributed by atoms with Gasteiger partial charge in [0.1, 0.15) is 0 Å². The molecule has 1 aliphatic rings. The molecule has 0 saturated heterocycles. The Morgan fingerprint density at radius 3 is 2.57 bits per heavy atom. The highest BCUT2D eigenvalue weighted by Crippen LogP contribution is 2.34. The molecule has 1 aliphatic carbocycles. The molecule has 1 saturated carbocycles. The van der Waals surface area contributed by atoms with Gasteiger partial charge in [-0.1, -0.05) is 13.3 Å². The van der Waals surface area contributed by atoms with Gasteiger partial charge in [-0.2, -0.15) is 0 Å². The van der Waals surface area contributed by atoms with Crippen LogP contribution in [0.5, 0.6) is 0 Å². The van der Waals surface area contributed by atoms with Gasteiger partial charge in [0.2, 0.25) is 0 Å². The molecule has 0 unspecified atom stereocenters. The Kier molecular flexibility index (Phi) is 4.88. The monoisotopic (exact) mass is 291 g/mol. The predicted molar refractivity (Wildman–Crippen MR) is 83.8 cm³/mol. The van der Waals surface area contributed by atoms with E-state index >= 15 is 0 Å². The molecule has 1 aromatic rings. The van der Waals surface area contributed by atoms with Crippen LogP contribution in [0.2, 0.25) is 0 Å². The van der Waals surface area contributed by atoms with Crippen LogP contribution in [-0.2, 0) is 0 Å². The lowest BCUT2D eigenvalue weighted by Crippen LogP contribution is -2.40. The van der Waals surface area contributed by atoms with Gasteiger partial charge in [0, 0.05) is 12.2 Å². The van der Waals surface area contributed by atoms with Crippen LogP contribution in [-0.4, -0.2) is 28.3 Å². The molecule has 116 valence electrons. The van der Waals surface area contributed by atoms with E-state index in [1.165, 1.54) is 6.42 Å². The number of carboxylic acids is 1. The number of benzene rings is 1. The van der Waals surface area contributed by atoms with Gasteiger partial charge in [-0.3, -0.25) is 0 Å². The van der Waals surface area contributed by atoms with Crippen LogP contribution in [0.25, 0.3) is 0 Å². The van der Waals surface area contributed by atoms with Crippen molar-refractivity contribution in [3.8, 4) is 0 Å². The number of rotatable bonds is 5. The maximum absolute atomic E-state index is 10.9. The van der Waals surface area contributed by atoms with Gasteiger partial charge in [0.15, 0.2) is 0 Å². The Morgan fingerprint density at radius 1 is 1.38 bits per heavy atom. The topological polar surface area (TPSA) is 69.6 Å². The van der Waals surface area contributed by atoms with E-state index in [-0.39, 0.29) is 0 Å². The van der Waals surface area contributed by atoms with Crippen molar-refractivity contribution in [2.75, 3.05) is 11.9 Å². The Bertz CT molecular complexity index is 505. The van der Waals surface area contributed by atoms with E-state index in [9.17, 15) is 9.90 Å². The maximum Gasteiger partial charge on any atom is 0.335 e. The smallest absolute Gasteiger partial charge is 0.335 e. The Balaban J connectivity index is 1.95. The number of aliphatic hydroxyl groups is 1. The highest BCUT2D eigenvalue weighted by molar-refractivity contribution is 5.88. The van der Waals surface area contributed by atoms with Crippen molar-refractivity contribution in [1.29, 1.82) is 0 Å². The summed E-state index contributed by atoms with van der Waals surface area (Å²) in [6.07, 6.45) is 5.05. The lowest BCUT2D eigenvalue weighted by Gasteiger charge is -2.36. The molecule has 3 N–H and O–H groups in total. The second-order valence-corrected chi connectivity index (χ2v) is 6.26. The van der Waals surface area contributed by atoms with Gasteiger partial charge in [0.05, 0.1) is 11.2 Å². The zero-order chi connectivity index (χ0) is 15.5. The Morgan fingerprint density at radius 2 is 2.05 bits per heavy atom. The predicted octanol–water partition coefficient (Wildman–Crippen LogP) is 3.44. The van der Waals surface area contributed by atoms with E-state index in [0.717, 1.165) is 42.9 Å². The molecule has 0 heterocycles. The van der Waals surface area contributed by atoms with Gasteiger partial charge in [-0.15, -0.1) is 0 Å². The molecule has 0 bridgehead atoms. The molecule has 0 atom stereocenters. The molecule has 0 spiro atoms. The highest BCUT2D eigenvalue weighted by Gasteiger charge is 2.32. The van der Waals surface area contributed by atoms with Crippen LogP contribution < -0.4 is 5.32 Å². The average Bonchev–Trinajstić information content (AvgIpc) is 2.46. The molecule has 4 nitrogen and oxygen atoms in total. The first-order chi connectivity index (χ1) is 9.93. The van der Waals surface area contributed by atoms with Crippen LogP contribution in [0.1, 0.15) is 54.9 Å². The fraction of sp³-hybridized carbons (Fsp3) is 0.588. The van der Waals surface area contributed by atoms with Gasteiger partial charge < -0.3 is 15.5 Å². The normalized spacial score (nSPS) is 25.6. The molecule has 0 aromatic heterocycles. The van der Waals surface area contributed by atoms with Crippen molar-refractivity contribution in [2.24, 2.45) is 5.92 Å². The number of aromatic carboxylic acids is 1. The van der Waals surface area contributed by atoms with Crippen molar-refractivity contribution in [2.45, 2.75) is 51.6 Å². The molecule has 21 heavy (non-hydrogen) atoms. The third-order valence-corrected chi connectivity index (χ3v) is 4.69. The minimum atomic E-state index is -0.916. The first kappa shape index (κ1) is 15.8. The molecular weight excluding hydrogens is 266 g/mol. The van der Waals surface area contributed by atoms with Crippen molar-refractivity contribution < 1.29 is 15.0 Å². The van der Waals surface area contributed by atoms with Crippen LogP contribution in [0, 0.1) is 12.8 Å². The van der Waals surface area contributed by atoms with Gasteiger partial charge >= 0.3 is 5.97 Å². The van der Waals surface area contributed by atoms with Crippen LogP contribution >= 0.6 is 0 Å². The summed E-state index contributed by atoms with van der Waals surface area (Å²) in [6.45, 7) is 4.62.